The van der Waals surface area contributed by atoms with Gasteiger partial charge >= 0.3 is 0 Å². The summed E-state index contributed by atoms with van der Waals surface area (Å²) in [5, 5.41) is 0. The van der Waals surface area contributed by atoms with Gasteiger partial charge in [-0.15, -0.1) is 0 Å². The molecule has 62 valence electrons. The summed E-state index contributed by atoms with van der Waals surface area (Å²) in [7, 11) is 0. The van der Waals surface area contributed by atoms with E-state index in [0.717, 1.165) is 0 Å². The van der Waals surface area contributed by atoms with E-state index < -0.39 is 11.7 Å². The molecule has 1 rings (SSSR count). The molecule has 0 saturated heterocycles. The van der Waals surface area contributed by atoms with Gasteiger partial charge in [0.1, 0.15) is 0 Å². The van der Waals surface area contributed by atoms with Crippen LogP contribution in [0.3, 0.4) is 0 Å². The lowest BCUT2D eigenvalue weighted by Crippen LogP contribution is -2.24. The van der Waals surface area contributed by atoms with Crippen molar-refractivity contribution in [2.24, 2.45) is 5.73 Å². The van der Waals surface area contributed by atoms with Crippen LogP contribution in [-0.4, -0.2) is 16.7 Å². The lowest BCUT2D eigenvalue weighted by atomic mass is 10.1. The molecular formula is C8H8N2O2. The van der Waals surface area contributed by atoms with E-state index in [4.69, 9.17) is 5.73 Å². The molecule has 1 heterocycles. The molecule has 0 fully saturated rings. The van der Waals surface area contributed by atoms with Gasteiger partial charge in [0, 0.05) is 18.8 Å². The summed E-state index contributed by atoms with van der Waals surface area (Å²) in [5.41, 5.74) is 5.47. The number of aromatic nitrogens is 1. The van der Waals surface area contributed by atoms with Gasteiger partial charge in [-0.1, -0.05) is 6.07 Å². The van der Waals surface area contributed by atoms with Crippen molar-refractivity contribution in [3.8, 4) is 0 Å². The zero-order valence-corrected chi connectivity index (χ0v) is 6.36. The normalized spacial score (nSPS) is 9.33. The van der Waals surface area contributed by atoms with Crippen molar-refractivity contribution in [3.05, 3.63) is 30.1 Å². The van der Waals surface area contributed by atoms with Gasteiger partial charge in [-0.05, 0) is 11.6 Å². The minimum Gasteiger partial charge on any atom is -0.363 e. The first-order chi connectivity index (χ1) is 5.70. The fourth-order valence-corrected chi connectivity index (χ4v) is 0.775. The summed E-state index contributed by atoms with van der Waals surface area (Å²) < 4.78 is 0. The van der Waals surface area contributed by atoms with Crippen LogP contribution in [0.5, 0.6) is 0 Å². The largest absolute Gasteiger partial charge is 0.363 e. The fourth-order valence-electron chi connectivity index (χ4n) is 0.775. The number of hydrogen-bond donors (Lipinski definition) is 1. The highest BCUT2D eigenvalue weighted by Gasteiger charge is 2.08. The third-order valence-electron chi connectivity index (χ3n) is 1.36. The number of carbonyl (C=O) groups excluding carboxylic acids is 2. The number of pyridine rings is 1. The maximum atomic E-state index is 10.8. The van der Waals surface area contributed by atoms with Gasteiger partial charge in [0.15, 0.2) is 0 Å². The minimum atomic E-state index is -0.904. The number of carbonyl (C=O) groups is 2. The van der Waals surface area contributed by atoms with Crippen LogP contribution in [0.1, 0.15) is 5.56 Å². The van der Waals surface area contributed by atoms with Crippen molar-refractivity contribution < 1.29 is 9.59 Å². The molecule has 0 aromatic carbocycles. The molecule has 4 nitrogen and oxygen atoms in total. The predicted octanol–water partition coefficient (Wildman–Crippen LogP) is -0.322. The zero-order chi connectivity index (χ0) is 8.97. The van der Waals surface area contributed by atoms with E-state index in [1.165, 1.54) is 6.20 Å². The topological polar surface area (TPSA) is 73.1 Å². The molecule has 1 aromatic rings. The smallest absolute Gasteiger partial charge is 0.285 e. The lowest BCUT2D eigenvalue weighted by Gasteiger charge is -1.95. The van der Waals surface area contributed by atoms with Crippen LogP contribution >= 0.6 is 0 Å². The first-order valence-corrected chi connectivity index (χ1v) is 3.41. The highest BCUT2D eigenvalue weighted by Crippen LogP contribution is 1.96. The molecule has 0 unspecified atom stereocenters. The fraction of sp³-hybridized carbons (Fsp3) is 0.125. The lowest BCUT2D eigenvalue weighted by molar-refractivity contribution is -0.135. The Bertz CT molecular complexity index is 295. The third-order valence-corrected chi connectivity index (χ3v) is 1.36. The maximum absolute atomic E-state index is 10.8. The van der Waals surface area contributed by atoms with E-state index in [1.54, 1.807) is 18.3 Å². The van der Waals surface area contributed by atoms with Crippen LogP contribution in [0.15, 0.2) is 24.5 Å². The van der Waals surface area contributed by atoms with Gasteiger partial charge in [0.25, 0.3) is 5.91 Å². The highest BCUT2D eigenvalue weighted by atomic mass is 16.2. The van der Waals surface area contributed by atoms with Crippen molar-refractivity contribution in [1.29, 1.82) is 0 Å². The molecule has 12 heavy (non-hydrogen) atoms. The molecule has 0 radical (unpaired) electrons. The summed E-state index contributed by atoms with van der Waals surface area (Å²) in [4.78, 5) is 25.0. The molecule has 0 spiro atoms. The van der Waals surface area contributed by atoms with Crippen LogP contribution in [0.2, 0.25) is 0 Å². The van der Waals surface area contributed by atoms with Crippen LogP contribution in [0.25, 0.3) is 0 Å². The van der Waals surface area contributed by atoms with Crippen molar-refractivity contribution in [3.63, 3.8) is 0 Å². The first kappa shape index (κ1) is 8.39. The van der Waals surface area contributed by atoms with Crippen LogP contribution in [0, 0.1) is 0 Å². The van der Waals surface area contributed by atoms with Crippen molar-refractivity contribution >= 4 is 11.7 Å². The Hall–Kier alpha value is -1.71. The van der Waals surface area contributed by atoms with Gasteiger partial charge in [0.05, 0.1) is 0 Å². The average molecular weight is 164 g/mol. The maximum Gasteiger partial charge on any atom is 0.285 e. The summed E-state index contributed by atoms with van der Waals surface area (Å²) in [6.07, 6.45) is 3.16. The standard InChI is InChI=1S/C8H8N2O2/c9-8(12)7(11)4-6-2-1-3-10-5-6/h1-3,5H,4H2,(H2,9,12). The molecule has 0 atom stereocenters. The molecule has 4 heteroatoms. The van der Waals surface area contributed by atoms with Gasteiger partial charge in [-0.3, -0.25) is 14.6 Å². The SMILES string of the molecule is NC(=O)C(=O)Cc1cccnc1. The van der Waals surface area contributed by atoms with Crippen molar-refractivity contribution in [1.82, 2.24) is 4.98 Å². The number of primary amides is 1. The van der Waals surface area contributed by atoms with E-state index in [0.29, 0.717) is 5.56 Å². The van der Waals surface area contributed by atoms with Gasteiger partial charge < -0.3 is 5.73 Å². The van der Waals surface area contributed by atoms with E-state index in [9.17, 15) is 9.59 Å². The summed E-state index contributed by atoms with van der Waals surface area (Å²) in [6, 6.07) is 3.41. The third kappa shape index (κ3) is 2.16. The number of Topliss-reactive ketones (excluding diaryl/α,β-unsaturated/α-hetero) is 1. The molecule has 0 aliphatic rings. The first-order valence-electron chi connectivity index (χ1n) is 3.41. The van der Waals surface area contributed by atoms with E-state index >= 15 is 0 Å². The van der Waals surface area contributed by atoms with E-state index in [2.05, 4.69) is 4.98 Å². The predicted molar refractivity (Wildman–Crippen MR) is 42.1 cm³/mol. The number of rotatable bonds is 3. The molecule has 2 N–H and O–H groups in total. The minimum absolute atomic E-state index is 0.0309. The molecule has 1 aromatic heterocycles. The van der Waals surface area contributed by atoms with Crippen LogP contribution in [-0.2, 0) is 16.0 Å². The second-order valence-corrected chi connectivity index (χ2v) is 2.33. The molecule has 0 bridgehead atoms. The Morgan fingerprint density at radius 3 is 2.75 bits per heavy atom. The molecular weight excluding hydrogens is 156 g/mol. The van der Waals surface area contributed by atoms with Crippen molar-refractivity contribution in [2.75, 3.05) is 0 Å². The quantitative estimate of drug-likeness (QED) is 0.622. The Labute approximate surface area is 69.4 Å². The van der Waals surface area contributed by atoms with Crippen molar-refractivity contribution in [2.45, 2.75) is 6.42 Å². The van der Waals surface area contributed by atoms with E-state index in [1.807, 2.05) is 0 Å². The summed E-state index contributed by atoms with van der Waals surface area (Å²) in [6.45, 7) is 0. The Morgan fingerprint density at radius 1 is 1.50 bits per heavy atom. The number of nitrogens with zero attached hydrogens (tertiary/aromatic N) is 1. The zero-order valence-electron chi connectivity index (χ0n) is 6.36. The van der Waals surface area contributed by atoms with Gasteiger partial charge in [-0.25, -0.2) is 0 Å². The Morgan fingerprint density at radius 2 is 2.25 bits per heavy atom. The molecule has 0 aliphatic carbocycles. The van der Waals surface area contributed by atoms with E-state index in [-0.39, 0.29) is 6.42 Å². The average Bonchev–Trinajstić information content (AvgIpc) is 2.06. The summed E-state index contributed by atoms with van der Waals surface area (Å²) in [5.74, 6) is -1.50. The second kappa shape index (κ2) is 3.61. The molecule has 0 saturated carbocycles. The number of hydrogen-bond acceptors (Lipinski definition) is 3. The van der Waals surface area contributed by atoms with Gasteiger partial charge in [-0.2, -0.15) is 0 Å². The monoisotopic (exact) mass is 164 g/mol. The molecule has 0 aliphatic heterocycles. The second-order valence-electron chi connectivity index (χ2n) is 2.33. The Kier molecular flexibility index (Phi) is 2.53. The number of nitrogens with two attached hydrogens (primary N) is 1. The number of ketones is 1. The highest BCUT2D eigenvalue weighted by molar-refractivity contribution is 6.35. The van der Waals surface area contributed by atoms with Gasteiger partial charge in [0.2, 0.25) is 5.78 Å². The summed E-state index contributed by atoms with van der Waals surface area (Å²) >= 11 is 0. The van der Waals surface area contributed by atoms with Crippen LogP contribution < -0.4 is 5.73 Å². The number of amides is 1. The molecule has 1 amide bonds. The Balaban J connectivity index is 2.65. The van der Waals surface area contributed by atoms with Crippen LogP contribution in [0.4, 0.5) is 0 Å².